The highest BCUT2D eigenvalue weighted by molar-refractivity contribution is 5.87. The first-order valence-electron chi connectivity index (χ1n) is 7.15. The van der Waals surface area contributed by atoms with E-state index in [0.717, 1.165) is 22.3 Å². The molecule has 0 amide bonds. The van der Waals surface area contributed by atoms with Gasteiger partial charge in [0.25, 0.3) is 0 Å². The standard InChI is InChI=1S/C19H18N2/c1-4-17(18-9-7-13(2)21-14(18)3)15-8-10-19-16(12-15)6-5-11-20-19/h4-12H,1-3H3/b17-4-. The monoisotopic (exact) mass is 274 g/mol. The molecular weight excluding hydrogens is 256 g/mol. The fraction of sp³-hybridized carbons (Fsp3) is 0.158. The molecule has 0 atom stereocenters. The van der Waals surface area contributed by atoms with Crippen LogP contribution in [0.4, 0.5) is 0 Å². The maximum absolute atomic E-state index is 4.58. The van der Waals surface area contributed by atoms with Crippen LogP contribution in [0.3, 0.4) is 0 Å². The van der Waals surface area contributed by atoms with Crippen molar-refractivity contribution in [1.29, 1.82) is 0 Å². The Morgan fingerprint density at radius 2 is 1.90 bits per heavy atom. The van der Waals surface area contributed by atoms with Gasteiger partial charge in [-0.15, -0.1) is 0 Å². The first-order chi connectivity index (χ1) is 10.2. The largest absolute Gasteiger partial charge is 0.258 e. The number of hydrogen-bond acceptors (Lipinski definition) is 2. The maximum Gasteiger partial charge on any atom is 0.0702 e. The van der Waals surface area contributed by atoms with Gasteiger partial charge in [-0.2, -0.15) is 0 Å². The molecule has 0 saturated carbocycles. The van der Waals surface area contributed by atoms with Crippen molar-refractivity contribution in [2.75, 3.05) is 0 Å². The second kappa shape index (κ2) is 5.49. The molecule has 2 aromatic heterocycles. The summed E-state index contributed by atoms with van der Waals surface area (Å²) in [6, 6.07) is 14.7. The lowest BCUT2D eigenvalue weighted by Crippen LogP contribution is -1.96. The van der Waals surface area contributed by atoms with E-state index in [1.165, 1.54) is 16.7 Å². The van der Waals surface area contributed by atoms with Crippen LogP contribution < -0.4 is 0 Å². The van der Waals surface area contributed by atoms with Crippen LogP contribution in [-0.2, 0) is 0 Å². The van der Waals surface area contributed by atoms with Gasteiger partial charge < -0.3 is 0 Å². The van der Waals surface area contributed by atoms with Crippen molar-refractivity contribution < 1.29 is 0 Å². The van der Waals surface area contributed by atoms with E-state index in [1.54, 1.807) is 0 Å². The molecule has 0 spiro atoms. The van der Waals surface area contributed by atoms with Crippen molar-refractivity contribution in [2.45, 2.75) is 20.8 Å². The van der Waals surface area contributed by atoms with Crippen LogP contribution in [-0.4, -0.2) is 9.97 Å². The molecule has 0 fully saturated rings. The number of aromatic nitrogens is 2. The van der Waals surface area contributed by atoms with E-state index in [0.29, 0.717) is 0 Å². The number of allylic oxidation sites excluding steroid dienone is 1. The average molecular weight is 274 g/mol. The zero-order valence-electron chi connectivity index (χ0n) is 12.6. The smallest absolute Gasteiger partial charge is 0.0702 e. The number of pyridine rings is 2. The fourth-order valence-corrected chi connectivity index (χ4v) is 2.69. The number of fused-ring (bicyclic) bond motifs is 1. The molecule has 2 heteroatoms. The van der Waals surface area contributed by atoms with E-state index < -0.39 is 0 Å². The van der Waals surface area contributed by atoms with Gasteiger partial charge in [-0.25, -0.2) is 0 Å². The van der Waals surface area contributed by atoms with Gasteiger partial charge in [-0.3, -0.25) is 9.97 Å². The minimum absolute atomic E-state index is 1.02. The molecule has 0 aliphatic carbocycles. The van der Waals surface area contributed by atoms with Crippen molar-refractivity contribution >= 4 is 16.5 Å². The van der Waals surface area contributed by atoms with E-state index in [9.17, 15) is 0 Å². The predicted octanol–water partition coefficient (Wildman–Crippen LogP) is 4.70. The van der Waals surface area contributed by atoms with Crippen LogP contribution in [0, 0.1) is 13.8 Å². The quantitative estimate of drug-likeness (QED) is 0.677. The zero-order chi connectivity index (χ0) is 14.8. The Kier molecular flexibility index (Phi) is 3.53. The van der Waals surface area contributed by atoms with Crippen LogP contribution in [0.2, 0.25) is 0 Å². The normalized spacial score (nSPS) is 11.9. The van der Waals surface area contributed by atoms with E-state index >= 15 is 0 Å². The Bertz CT molecular complexity index is 832. The van der Waals surface area contributed by atoms with Gasteiger partial charge in [0.15, 0.2) is 0 Å². The molecule has 0 N–H and O–H groups in total. The SMILES string of the molecule is C/C=C(/c1ccc2ncccc2c1)c1ccc(C)nc1C. The lowest BCUT2D eigenvalue weighted by Gasteiger charge is -2.12. The molecule has 2 nitrogen and oxygen atoms in total. The number of hydrogen-bond donors (Lipinski definition) is 0. The van der Waals surface area contributed by atoms with Gasteiger partial charge >= 0.3 is 0 Å². The van der Waals surface area contributed by atoms with Crippen LogP contribution in [0.15, 0.2) is 54.7 Å². The lowest BCUT2D eigenvalue weighted by molar-refractivity contribution is 1.11. The molecule has 3 aromatic rings. The van der Waals surface area contributed by atoms with Crippen LogP contribution in [0.25, 0.3) is 16.5 Å². The first-order valence-corrected chi connectivity index (χ1v) is 7.15. The van der Waals surface area contributed by atoms with E-state index in [4.69, 9.17) is 0 Å². The molecule has 2 heterocycles. The van der Waals surface area contributed by atoms with Crippen LogP contribution >= 0.6 is 0 Å². The molecule has 0 unspecified atom stereocenters. The third-order valence-corrected chi connectivity index (χ3v) is 3.72. The predicted molar refractivity (Wildman–Crippen MR) is 88.2 cm³/mol. The highest BCUT2D eigenvalue weighted by Gasteiger charge is 2.09. The van der Waals surface area contributed by atoms with Crippen molar-refractivity contribution in [1.82, 2.24) is 9.97 Å². The van der Waals surface area contributed by atoms with Gasteiger partial charge in [0.05, 0.1) is 5.52 Å². The molecule has 0 aliphatic heterocycles. The fourth-order valence-electron chi connectivity index (χ4n) is 2.69. The molecule has 3 rings (SSSR count). The van der Waals surface area contributed by atoms with Gasteiger partial charge in [0.2, 0.25) is 0 Å². The van der Waals surface area contributed by atoms with Crippen molar-refractivity contribution in [3.8, 4) is 0 Å². The van der Waals surface area contributed by atoms with Crippen molar-refractivity contribution in [3.05, 3.63) is 77.3 Å². The first kappa shape index (κ1) is 13.5. The topological polar surface area (TPSA) is 25.8 Å². The summed E-state index contributed by atoms with van der Waals surface area (Å²) >= 11 is 0. The molecule has 0 radical (unpaired) electrons. The summed E-state index contributed by atoms with van der Waals surface area (Å²) in [6.07, 6.45) is 3.98. The number of aryl methyl sites for hydroxylation is 2. The molecule has 0 aliphatic rings. The summed E-state index contributed by atoms with van der Waals surface area (Å²) < 4.78 is 0. The number of benzene rings is 1. The molecular formula is C19H18N2. The second-order valence-electron chi connectivity index (χ2n) is 5.20. The summed E-state index contributed by atoms with van der Waals surface area (Å²) in [5.41, 5.74) is 6.74. The summed E-state index contributed by atoms with van der Waals surface area (Å²) in [5, 5.41) is 1.16. The molecule has 21 heavy (non-hydrogen) atoms. The Morgan fingerprint density at radius 1 is 1.05 bits per heavy atom. The van der Waals surface area contributed by atoms with E-state index in [2.05, 4.69) is 66.3 Å². The summed E-state index contributed by atoms with van der Waals surface area (Å²) in [4.78, 5) is 8.95. The number of rotatable bonds is 2. The second-order valence-corrected chi connectivity index (χ2v) is 5.20. The minimum Gasteiger partial charge on any atom is -0.258 e. The maximum atomic E-state index is 4.58. The Hall–Kier alpha value is -2.48. The van der Waals surface area contributed by atoms with Gasteiger partial charge in [-0.05, 0) is 56.2 Å². The zero-order valence-corrected chi connectivity index (χ0v) is 12.6. The van der Waals surface area contributed by atoms with Crippen molar-refractivity contribution in [2.24, 2.45) is 0 Å². The molecule has 0 bridgehead atoms. The van der Waals surface area contributed by atoms with Crippen LogP contribution in [0.5, 0.6) is 0 Å². The summed E-state index contributed by atoms with van der Waals surface area (Å²) in [5.74, 6) is 0. The minimum atomic E-state index is 1.02. The Morgan fingerprint density at radius 3 is 2.67 bits per heavy atom. The lowest BCUT2D eigenvalue weighted by atomic mass is 9.95. The number of nitrogens with zero attached hydrogens (tertiary/aromatic N) is 2. The van der Waals surface area contributed by atoms with E-state index in [1.807, 2.05) is 19.2 Å². The van der Waals surface area contributed by atoms with E-state index in [-0.39, 0.29) is 0 Å². The third-order valence-electron chi connectivity index (χ3n) is 3.72. The average Bonchev–Trinajstić information content (AvgIpc) is 2.50. The third kappa shape index (κ3) is 2.57. The van der Waals surface area contributed by atoms with Crippen molar-refractivity contribution in [3.63, 3.8) is 0 Å². The van der Waals surface area contributed by atoms with Gasteiger partial charge in [-0.1, -0.05) is 24.3 Å². The Labute approximate surface area is 125 Å². The molecule has 104 valence electrons. The van der Waals surface area contributed by atoms with Crippen LogP contribution in [0.1, 0.15) is 29.4 Å². The molecule has 1 aromatic carbocycles. The van der Waals surface area contributed by atoms with Gasteiger partial charge in [0.1, 0.15) is 0 Å². The highest BCUT2D eigenvalue weighted by atomic mass is 14.7. The Balaban J connectivity index is 2.14. The highest BCUT2D eigenvalue weighted by Crippen LogP contribution is 2.27. The van der Waals surface area contributed by atoms with Gasteiger partial charge in [0, 0.05) is 28.5 Å². The summed E-state index contributed by atoms with van der Waals surface area (Å²) in [6.45, 7) is 6.16. The molecule has 0 saturated heterocycles. The summed E-state index contributed by atoms with van der Waals surface area (Å²) in [7, 11) is 0.